The van der Waals surface area contributed by atoms with Gasteiger partial charge >= 0.3 is 0 Å². The third kappa shape index (κ3) is 3.35. The van der Waals surface area contributed by atoms with Crippen LogP contribution in [0.2, 0.25) is 0 Å². The number of amides is 2. The number of carbonyl (C=O) groups is 2. The second-order valence-electron chi connectivity index (χ2n) is 6.68. The average molecular weight is 327 g/mol. The number of rotatable bonds is 5. The smallest absolute Gasteiger partial charge is 0.253 e. The number of nitrogens with zero attached hydrogens (tertiary/aromatic N) is 1. The van der Waals surface area contributed by atoms with Gasteiger partial charge in [-0.25, -0.2) is 0 Å². The van der Waals surface area contributed by atoms with Gasteiger partial charge in [-0.3, -0.25) is 9.59 Å². The Balaban J connectivity index is 2.36. The van der Waals surface area contributed by atoms with Crippen molar-refractivity contribution in [1.82, 2.24) is 9.88 Å². The molecule has 0 spiro atoms. The molecular weight excluding hydrogens is 302 g/mol. The first-order valence-corrected chi connectivity index (χ1v) is 8.01. The van der Waals surface area contributed by atoms with Crippen molar-refractivity contribution in [3.63, 3.8) is 0 Å². The van der Waals surface area contributed by atoms with Gasteiger partial charge in [-0.2, -0.15) is 0 Å². The first-order valence-electron chi connectivity index (χ1n) is 8.01. The van der Waals surface area contributed by atoms with Crippen LogP contribution in [0.1, 0.15) is 54.1 Å². The summed E-state index contributed by atoms with van der Waals surface area (Å²) in [7, 11) is 0. The summed E-state index contributed by atoms with van der Waals surface area (Å²) in [5, 5.41) is 2.71. The van der Waals surface area contributed by atoms with Crippen molar-refractivity contribution >= 4 is 11.8 Å². The fourth-order valence-electron chi connectivity index (χ4n) is 2.90. The van der Waals surface area contributed by atoms with Gasteiger partial charge in [-0.1, -0.05) is 30.3 Å². The molecule has 5 heteroatoms. The van der Waals surface area contributed by atoms with E-state index in [1.54, 1.807) is 13.8 Å². The maximum Gasteiger partial charge on any atom is 0.253 e. The highest BCUT2D eigenvalue weighted by Crippen LogP contribution is 2.25. The Kier molecular flexibility index (Phi) is 4.83. The van der Waals surface area contributed by atoms with Crippen molar-refractivity contribution in [2.24, 2.45) is 5.73 Å². The summed E-state index contributed by atoms with van der Waals surface area (Å²) < 4.78 is 2.13. The highest BCUT2D eigenvalue weighted by molar-refractivity contribution is 5.99. The van der Waals surface area contributed by atoms with Crippen LogP contribution in [0.4, 0.5) is 0 Å². The van der Waals surface area contributed by atoms with Crippen LogP contribution >= 0.6 is 0 Å². The SMILES string of the molecule is Cc1cc(C(=O)NC(C)(C)C(N)=O)c(C)n1C(C)c1ccccc1. The number of primary amides is 1. The number of nitrogens with one attached hydrogen (secondary N) is 1. The molecule has 128 valence electrons. The first-order chi connectivity index (χ1) is 11.1. The van der Waals surface area contributed by atoms with Crippen molar-refractivity contribution in [3.05, 3.63) is 58.9 Å². The van der Waals surface area contributed by atoms with Gasteiger partial charge in [0.15, 0.2) is 0 Å². The number of hydrogen-bond donors (Lipinski definition) is 2. The largest absolute Gasteiger partial charge is 0.368 e. The number of hydrogen-bond acceptors (Lipinski definition) is 2. The van der Waals surface area contributed by atoms with Crippen LogP contribution in [-0.2, 0) is 4.79 Å². The molecule has 2 aromatic rings. The van der Waals surface area contributed by atoms with Crippen LogP contribution in [0.25, 0.3) is 0 Å². The van der Waals surface area contributed by atoms with E-state index in [1.165, 1.54) is 5.56 Å². The van der Waals surface area contributed by atoms with E-state index in [1.807, 2.05) is 38.1 Å². The molecular formula is C19H25N3O2. The van der Waals surface area contributed by atoms with Gasteiger partial charge in [0, 0.05) is 11.4 Å². The van der Waals surface area contributed by atoms with Crippen LogP contribution in [-0.4, -0.2) is 21.9 Å². The normalized spacial score (nSPS) is 12.7. The summed E-state index contributed by atoms with van der Waals surface area (Å²) in [4.78, 5) is 24.0. The molecule has 1 aromatic heterocycles. The molecule has 0 aliphatic rings. The lowest BCUT2D eigenvalue weighted by atomic mass is 10.0. The fraction of sp³-hybridized carbons (Fsp3) is 0.368. The molecule has 0 radical (unpaired) electrons. The lowest BCUT2D eigenvalue weighted by Crippen LogP contribution is -2.53. The molecule has 2 amide bonds. The molecule has 24 heavy (non-hydrogen) atoms. The molecule has 0 aliphatic carbocycles. The topological polar surface area (TPSA) is 77.1 Å². The predicted octanol–water partition coefficient (Wildman–Crippen LogP) is 2.71. The lowest BCUT2D eigenvalue weighted by molar-refractivity contribution is -0.122. The summed E-state index contributed by atoms with van der Waals surface area (Å²) in [5.41, 5.74) is 7.83. The summed E-state index contributed by atoms with van der Waals surface area (Å²) >= 11 is 0. The Bertz CT molecular complexity index is 760. The number of benzene rings is 1. The summed E-state index contributed by atoms with van der Waals surface area (Å²) in [6.07, 6.45) is 0. The van der Waals surface area contributed by atoms with E-state index >= 15 is 0 Å². The number of carbonyl (C=O) groups excluding carboxylic acids is 2. The summed E-state index contributed by atoms with van der Waals surface area (Å²) in [5.74, 6) is -0.860. The quantitative estimate of drug-likeness (QED) is 0.886. The Morgan fingerprint density at radius 3 is 2.29 bits per heavy atom. The Morgan fingerprint density at radius 1 is 1.17 bits per heavy atom. The Morgan fingerprint density at radius 2 is 1.75 bits per heavy atom. The van der Waals surface area contributed by atoms with E-state index in [0.717, 1.165) is 11.4 Å². The van der Waals surface area contributed by atoms with Gasteiger partial charge in [-0.05, 0) is 46.2 Å². The zero-order valence-electron chi connectivity index (χ0n) is 14.9. The van der Waals surface area contributed by atoms with E-state index in [4.69, 9.17) is 5.73 Å². The van der Waals surface area contributed by atoms with E-state index < -0.39 is 11.4 Å². The maximum atomic E-state index is 12.6. The highest BCUT2D eigenvalue weighted by atomic mass is 16.2. The second kappa shape index (κ2) is 6.51. The van der Waals surface area contributed by atoms with Crippen LogP contribution in [0.15, 0.2) is 36.4 Å². The molecule has 1 aromatic carbocycles. The van der Waals surface area contributed by atoms with Gasteiger partial charge in [-0.15, -0.1) is 0 Å². The van der Waals surface area contributed by atoms with Gasteiger partial charge in [0.2, 0.25) is 5.91 Å². The standard InChI is InChI=1S/C19H25N3O2/c1-12-11-16(17(23)21-19(4,5)18(20)24)14(3)22(12)13(2)15-9-7-6-8-10-15/h6-11,13H,1-5H3,(H2,20,24)(H,21,23). The highest BCUT2D eigenvalue weighted by Gasteiger charge is 2.29. The van der Waals surface area contributed by atoms with E-state index in [9.17, 15) is 9.59 Å². The van der Waals surface area contributed by atoms with Crippen molar-refractivity contribution < 1.29 is 9.59 Å². The molecule has 0 saturated carbocycles. The molecule has 2 rings (SSSR count). The van der Waals surface area contributed by atoms with E-state index in [2.05, 4.69) is 28.9 Å². The number of nitrogens with two attached hydrogens (primary N) is 1. The molecule has 0 fully saturated rings. The maximum absolute atomic E-state index is 12.6. The zero-order chi connectivity index (χ0) is 18.1. The predicted molar refractivity (Wildman–Crippen MR) is 94.9 cm³/mol. The minimum absolute atomic E-state index is 0.108. The molecule has 1 heterocycles. The second-order valence-corrected chi connectivity index (χ2v) is 6.68. The van der Waals surface area contributed by atoms with Gasteiger partial charge in [0.1, 0.15) is 5.54 Å². The summed E-state index contributed by atoms with van der Waals surface area (Å²) in [6, 6.07) is 12.1. The fourth-order valence-corrected chi connectivity index (χ4v) is 2.90. The molecule has 5 nitrogen and oxygen atoms in total. The van der Waals surface area contributed by atoms with Crippen LogP contribution < -0.4 is 11.1 Å². The van der Waals surface area contributed by atoms with Crippen molar-refractivity contribution in [2.45, 2.75) is 46.2 Å². The molecule has 3 N–H and O–H groups in total. The van der Waals surface area contributed by atoms with Crippen molar-refractivity contribution in [2.75, 3.05) is 0 Å². The molecule has 1 atom stereocenters. The van der Waals surface area contributed by atoms with Crippen molar-refractivity contribution in [3.8, 4) is 0 Å². The molecule has 0 bridgehead atoms. The average Bonchev–Trinajstić information content (AvgIpc) is 2.82. The van der Waals surface area contributed by atoms with Crippen LogP contribution in [0.5, 0.6) is 0 Å². The minimum Gasteiger partial charge on any atom is -0.368 e. The number of aryl methyl sites for hydroxylation is 1. The van der Waals surface area contributed by atoms with Gasteiger partial charge < -0.3 is 15.6 Å². The monoisotopic (exact) mass is 327 g/mol. The van der Waals surface area contributed by atoms with E-state index in [0.29, 0.717) is 5.56 Å². The number of aromatic nitrogens is 1. The lowest BCUT2D eigenvalue weighted by Gasteiger charge is -2.22. The van der Waals surface area contributed by atoms with Gasteiger partial charge in [0.25, 0.3) is 5.91 Å². The summed E-state index contributed by atoms with van der Waals surface area (Å²) in [6.45, 7) is 9.18. The molecule has 1 unspecified atom stereocenters. The Labute approximate surface area is 142 Å². The third-order valence-electron chi connectivity index (χ3n) is 4.44. The third-order valence-corrected chi connectivity index (χ3v) is 4.44. The van der Waals surface area contributed by atoms with Crippen LogP contribution in [0, 0.1) is 13.8 Å². The molecule has 0 aliphatic heterocycles. The Hall–Kier alpha value is -2.56. The minimum atomic E-state index is -1.09. The van der Waals surface area contributed by atoms with Crippen molar-refractivity contribution in [1.29, 1.82) is 0 Å². The molecule has 0 saturated heterocycles. The first kappa shape index (κ1) is 17.8. The van der Waals surface area contributed by atoms with Crippen LogP contribution in [0.3, 0.4) is 0 Å². The van der Waals surface area contributed by atoms with Gasteiger partial charge in [0.05, 0.1) is 11.6 Å². The zero-order valence-corrected chi connectivity index (χ0v) is 14.9. The van der Waals surface area contributed by atoms with E-state index in [-0.39, 0.29) is 11.9 Å².